The van der Waals surface area contributed by atoms with E-state index in [1.165, 1.54) is 0 Å². The van der Waals surface area contributed by atoms with Crippen LogP contribution < -0.4 is 0 Å². The Morgan fingerprint density at radius 1 is 1.14 bits per heavy atom. The molecule has 2 radical (unpaired) electrons. The van der Waals surface area contributed by atoms with Gasteiger partial charge in [0.1, 0.15) is 0 Å². The van der Waals surface area contributed by atoms with Crippen LogP contribution in [0, 0.1) is 0 Å². The zero-order valence-corrected chi connectivity index (χ0v) is 14.2. The van der Waals surface area contributed by atoms with Crippen LogP contribution in [0.25, 0.3) is 0 Å². The van der Waals surface area contributed by atoms with Crippen LogP contribution >= 0.6 is 0 Å². The third-order valence-electron chi connectivity index (χ3n) is 4.66. The summed E-state index contributed by atoms with van der Waals surface area (Å²) in [7, 11) is 9.76. The van der Waals surface area contributed by atoms with Gasteiger partial charge in [0.05, 0.1) is 0 Å². The molecule has 0 N–H and O–H groups in total. The maximum atomic E-state index is 12.6. The van der Waals surface area contributed by atoms with Gasteiger partial charge in [0, 0.05) is 23.7 Å². The molecule has 0 saturated carbocycles. The fourth-order valence-corrected chi connectivity index (χ4v) is 2.60. The molecule has 0 bridgehead atoms. The number of carbonyl (C=O) groups excluding carboxylic acids is 1. The molecule has 1 atom stereocenters. The van der Waals surface area contributed by atoms with Crippen molar-refractivity contribution >= 4 is 13.9 Å². The van der Waals surface area contributed by atoms with Crippen molar-refractivity contribution < 1.29 is 4.79 Å². The lowest BCUT2D eigenvalue weighted by atomic mass is 9.80. The van der Waals surface area contributed by atoms with E-state index in [-0.39, 0.29) is 17.0 Å². The Labute approximate surface area is 130 Å². The van der Waals surface area contributed by atoms with Crippen molar-refractivity contribution in [3.05, 3.63) is 35.9 Å². The Morgan fingerprint density at radius 3 is 2.10 bits per heavy atom. The Bertz CT molecular complexity index is 473. The van der Waals surface area contributed by atoms with E-state index in [2.05, 4.69) is 27.7 Å². The van der Waals surface area contributed by atoms with Crippen LogP contribution in [0.15, 0.2) is 30.3 Å². The van der Waals surface area contributed by atoms with E-state index < -0.39 is 0 Å². The maximum Gasteiger partial charge on any atom is 0.254 e. The highest BCUT2D eigenvalue weighted by atomic mass is 16.2. The fraction of sp³-hybridized carbons (Fsp3) is 0.588. The lowest BCUT2D eigenvalue weighted by Crippen LogP contribution is -2.53. The second-order valence-electron chi connectivity index (χ2n) is 6.68. The van der Waals surface area contributed by atoms with Gasteiger partial charge in [-0.2, -0.15) is 0 Å². The van der Waals surface area contributed by atoms with Crippen molar-refractivity contribution in [1.29, 1.82) is 0 Å². The van der Waals surface area contributed by atoms with Crippen molar-refractivity contribution in [1.82, 2.24) is 9.71 Å². The molecule has 1 aromatic rings. The number of rotatable bonds is 6. The smallest absolute Gasteiger partial charge is 0.254 e. The molecular weight excluding hydrogens is 259 g/mol. The number of amides is 1. The van der Waals surface area contributed by atoms with Gasteiger partial charge in [0.2, 0.25) is 0 Å². The van der Waals surface area contributed by atoms with Gasteiger partial charge < -0.3 is 9.71 Å². The normalized spacial score (nSPS) is 14.8. The Balaban J connectivity index is 2.94. The van der Waals surface area contributed by atoms with E-state index in [1.807, 2.05) is 49.3 Å². The summed E-state index contributed by atoms with van der Waals surface area (Å²) in [6, 6.07) is 9.39. The lowest BCUT2D eigenvalue weighted by molar-refractivity contribution is 0.0488. The van der Waals surface area contributed by atoms with Crippen molar-refractivity contribution in [2.24, 2.45) is 0 Å². The predicted molar refractivity (Wildman–Crippen MR) is 89.4 cm³/mol. The summed E-state index contributed by atoms with van der Waals surface area (Å²) in [4.78, 5) is 16.2. The van der Waals surface area contributed by atoms with E-state index in [4.69, 9.17) is 7.98 Å². The minimum absolute atomic E-state index is 0.0405. The van der Waals surface area contributed by atoms with Gasteiger partial charge in [-0.15, -0.1) is 0 Å². The molecule has 1 aromatic carbocycles. The number of hydrogen-bond donors (Lipinski definition) is 0. The molecule has 0 aromatic heterocycles. The van der Waals surface area contributed by atoms with Crippen molar-refractivity contribution in [2.45, 2.75) is 51.6 Å². The maximum absolute atomic E-state index is 12.6. The minimum Gasteiger partial charge on any atom is -0.351 e. The third-order valence-corrected chi connectivity index (χ3v) is 4.66. The van der Waals surface area contributed by atoms with Crippen molar-refractivity contribution in [3.63, 3.8) is 0 Å². The molecule has 21 heavy (non-hydrogen) atoms. The molecule has 1 unspecified atom stereocenters. The van der Waals surface area contributed by atoms with Crippen LogP contribution in [-0.2, 0) is 0 Å². The monoisotopic (exact) mass is 286 g/mol. The largest absolute Gasteiger partial charge is 0.351 e. The summed E-state index contributed by atoms with van der Waals surface area (Å²) >= 11 is 0. The van der Waals surface area contributed by atoms with Gasteiger partial charge in [-0.1, -0.05) is 25.1 Å². The second kappa shape index (κ2) is 6.65. The average Bonchev–Trinajstić information content (AvgIpc) is 2.45. The van der Waals surface area contributed by atoms with Crippen LogP contribution in [0.2, 0.25) is 0 Å². The molecule has 1 amide bonds. The Kier molecular flexibility index (Phi) is 5.63. The molecule has 0 heterocycles. The zero-order chi connectivity index (χ0) is 16.3. The molecule has 1 rings (SSSR count). The SMILES string of the molecule is [B]N(C)C(C)(CC)CC(C)(C)N(C)C(=O)c1ccccc1. The number of nitrogens with zero attached hydrogens (tertiary/aromatic N) is 2. The van der Waals surface area contributed by atoms with E-state index in [0.29, 0.717) is 5.56 Å². The van der Waals surface area contributed by atoms with Gasteiger partial charge in [-0.3, -0.25) is 4.79 Å². The summed E-state index contributed by atoms with van der Waals surface area (Å²) in [6.45, 7) is 8.44. The van der Waals surface area contributed by atoms with Gasteiger partial charge in [-0.25, -0.2) is 0 Å². The molecule has 114 valence electrons. The summed E-state index contributed by atoms with van der Waals surface area (Å²) in [5.74, 6) is 0.0405. The number of benzene rings is 1. The van der Waals surface area contributed by atoms with Gasteiger partial charge in [-0.05, 0) is 52.8 Å². The highest BCUT2D eigenvalue weighted by molar-refractivity contribution is 6.04. The summed E-state index contributed by atoms with van der Waals surface area (Å²) in [6.07, 6.45) is 1.73. The zero-order valence-electron chi connectivity index (χ0n) is 14.2. The summed E-state index contributed by atoms with van der Waals surface area (Å²) in [5, 5.41) is 0. The Hall–Kier alpha value is -1.29. The quantitative estimate of drug-likeness (QED) is 0.750. The molecule has 0 aliphatic carbocycles. The molecule has 4 heteroatoms. The van der Waals surface area contributed by atoms with Crippen LogP contribution in [0.3, 0.4) is 0 Å². The molecule has 0 fully saturated rings. The highest BCUT2D eigenvalue weighted by Gasteiger charge is 2.36. The van der Waals surface area contributed by atoms with Gasteiger partial charge in [0.25, 0.3) is 5.91 Å². The lowest BCUT2D eigenvalue weighted by Gasteiger charge is -2.46. The number of carbonyl (C=O) groups is 1. The molecule has 0 saturated heterocycles. The first kappa shape index (κ1) is 17.8. The van der Waals surface area contributed by atoms with Crippen LogP contribution in [0.5, 0.6) is 0 Å². The Morgan fingerprint density at radius 2 is 1.67 bits per heavy atom. The molecule has 0 spiro atoms. The minimum atomic E-state index is -0.286. The van der Waals surface area contributed by atoms with Crippen molar-refractivity contribution in [2.75, 3.05) is 14.1 Å². The van der Waals surface area contributed by atoms with Crippen molar-refractivity contribution in [3.8, 4) is 0 Å². The van der Waals surface area contributed by atoms with E-state index >= 15 is 0 Å². The molecular formula is C17H27BN2O. The first-order valence-corrected chi connectivity index (χ1v) is 7.46. The first-order valence-electron chi connectivity index (χ1n) is 7.46. The molecule has 0 aliphatic heterocycles. The standard InChI is InChI=1S/C17H27BN2O/c1-7-17(4,20(6)18)13-16(2,3)19(5)15(21)14-11-9-8-10-12-14/h8-12H,7,13H2,1-6H3. The summed E-state index contributed by atoms with van der Waals surface area (Å²) < 4.78 is 0. The van der Waals surface area contributed by atoms with E-state index in [9.17, 15) is 4.79 Å². The molecule has 0 aliphatic rings. The highest BCUT2D eigenvalue weighted by Crippen LogP contribution is 2.31. The average molecular weight is 286 g/mol. The second-order valence-corrected chi connectivity index (χ2v) is 6.68. The third kappa shape index (κ3) is 4.10. The van der Waals surface area contributed by atoms with Crippen LogP contribution in [-0.4, -0.2) is 48.8 Å². The molecule has 3 nitrogen and oxygen atoms in total. The van der Waals surface area contributed by atoms with Crippen LogP contribution in [0.1, 0.15) is 50.9 Å². The van der Waals surface area contributed by atoms with Gasteiger partial charge in [0.15, 0.2) is 7.98 Å². The first-order chi connectivity index (χ1) is 9.64. The van der Waals surface area contributed by atoms with E-state index in [1.54, 1.807) is 4.81 Å². The topological polar surface area (TPSA) is 23.6 Å². The van der Waals surface area contributed by atoms with Gasteiger partial charge >= 0.3 is 0 Å². The predicted octanol–water partition coefficient (Wildman–Crippen LogP) is 3.11. The van der Waals surface area contributed by atoms with Crippen LogP contribution in [0.4, 0.5) is 0 Å². The van der Waals surface area contributed by atoms with E-state index in [0.717, 1.165) is 12.8 Å². The summed E-state index contributed by atoms with van der Waals surface area (Å²) in [5.41, 5.74) is 0.285. The number of hydrogen-bond acceptors (Lipinski definition) is 2. The fourth-order valence-electron chi connectivity index (χ4n) is 2.60.